The van der Waals surface area contributed by atoms with Crippen LogP contribution in [0.25, 0.3) is 11.0 Å². The van der Waals surface area contributed by atoms with E-state index >= 15 is 0 Å². The van der Waals surface area contributed by atoms with Crippen molar-refractivity contribution in [2.75, 3.05) is 19.5 Å². The molecule has 0 aliphatic heterocycles. The average Bonchev–Trinajstić information content (AvgIpc) is 2.76. The number of ether oxygens (including phenoxy) is 3. The SMILES string of the molecule is CCC(OC(=O)c1cnc2ccccc2n1)C(=O)Nc1cc(OC)ccc1OC. The van der Waals surface area contributed by atoms with Gasteiger partial charge in [0.2, 0.25) is 0 Å². The van der Waals surface area contributed by atoms with Gasteiger partial charge in [-0.1, -0.05) is 19.1 Å². The molecule has 1 N–H and O–H groups in total. The predicted molar refractivity (Wildman–Crippen MR) is 107 cm³/mol. The van der Waals surface area contributed by atoms with E-state index in [0.29, 0.717) is 28.2 Å². The fraction of sp³-hybridized carbons (Fsp3) is 0.238. The summed E-state index contributed by atoms with van der Waals surface area (Å²) in [4.78, 5) is 33.6. The molecule has 1 unspecified atom stereocenters. The van der Waals surface area contributed by atoms with Crippen LogP contribution in [-0.2, 0) is 9.53 Å². The summed E-state index contributed by atoms with van der Waals surface area (Å²) in [6.45, 7) is 1.74. The molecule has 0 spiro atoms. The van der Waals surface area contributed by atoms with Crippen molar-refractivity contribution in [2.24, 2.45) is 0 Å². The normalized spacial score (nSPS) is 11.6. The maximum Gasteiger partial charge on any atom is 0.359 e. The number of rotatable bonds is 7. The number of para-hydroxylation sites is 2. The highest BCUT2D eigenvalue weighted by molar-refractivity contribution is 5.98. The highest BCUT2D eigenvalue weighted by Crippen LogP contribution is 2.29. The molecule has 0 aliphatic carbocycles. The second-order valence-corrected chi connectivity index (χ2v) is 6.10. The Labute approximate surface area is 167 Å². The Morgan fingerprint density at radius 3 is 2.52 bits per heavy atom. The van der Waals surface area contributed by atoms with Crippen LogP contribution in [0.5, 0.6) is 11.5 Å². The van der Waals surface area contributed by atoms with Crippen molar-refractivity contribution in [1.82, 2.24) is 9.97 Å². The molecule has 0 bridgehead atoms. The zero-order valence-electron chi connectivity index (χ0n) is 16.3. The van der Waals surface area contributed by atoms with Crippen LogP contribution in [0.2, 0.25) is 0 Å². The van der Waals surface area contributed by atoms with Gasteiger partial charge in [-0.05, 0) is 30.7 Å². The smallest absolute Gasteiger partial charge is 0.359 e. The highest BCUT2D eigenvalue weighted by atomic mass is 16.5. The topological polar surface area (TPSA) is 99.6 Å². The van der Waals surface area contributed by atoms with Crippen molar-refractivity contribution in [3.05, 3.63) is 54.4 Å². The molecule has 1 atom stereocenters. The number of methoxy groups -OCH3 is 2. The van der Waals surface area contributed by atoms with Gasteiger partial charge in [0.15, 0.2) is 11.8 Å². The molecule has 8 nitrogen and oxygen atoms in total. The predicted octanol–water partition coefficient (Wildman–Crippen LogP) is 3.22. The summed E-state index contributed by atoms with van der Waals surface area (Å²) in [5.41, 5.74) is 1.69. The van der Waals surface area contributed by atoms with Gasteiger partial charge in [0.1, 0.15) is 11.5 Å². The summed E-state index contributed by atoms with van der Waals surface area (Å²) in [6, 6.07) is 12.2. The molecule has 0 radical (unpaired) electrons. The molecule has 1 amide bonds. The summed E-state index contributed by atoms with van der Waals surface area (Å²) >= 11 is 0. The summed E-state index contributed by atoms with van der Waals surface area (Å²) < 4.78 is 15.8. The Bertz CT molecular complexity index is 1040. The van der Waals surface area contributed by atoms with E-state index in [9.17, 15) is 9.59 Å². The second-order valence-electron chi connectivity index (χ2n) is 6.10. The van der Waals surface area contributed by atoms with E-state index in [1.54, 1.807) is 43.3 Å². The van der Waals surface area contributed by atoms with Crippen LogP contribution < -0.4 is 14.8 Å². The van der Waals surface area contributed by atoms with Crippen molar-refractivity contribution < 1.29 is 23.8 Å². The summed E-state index contributed by atoms with van der Waals surface area (Å²) in [6.07, 6.45) is 0.609. The number of aromatic nitrogens is 2. The number of carbonyl (C=O) groups is 2. The van der Waals surface area contributed by atoms with E-state index in [2.05, 4.69) is 15.3 Å². The van der Waals surface area contributed by atoms with Crippen LogP contribution in [0.1, 0.15) is 23.8 Å². The summed E-state index contributed by atoms with van der Waals surface area (Å²) in [5.74, 6) is -0.192. The fourth-order valence-electron chi connectivity index (χ4n) is 2.69. The zero-order chi connectivity index (χ0) is 20.8. The number of hydrogen-bond acceptors (Lipinski definition) is 7. The van der Waals surface area contributed by atoms with Gasteiger partial charge in [0, 0.05) is 6.07 Å². The third-order valence-corrected chi connectivity index (χ3v) is 4.23. The molecule has 29 heavy (non-hydrogen) atoms. The molecule has 1 heterocycles. The van der Waals surface area contributed by atoms with Crippen molar-refractivity contribution in [2.45, 2.75) is 19.4 Å². The lowest BCUT2D eigenvalue weighted by molar-refractivity contribution is -0.124. The lowest BCUT2D eigenvalue weighted by Crippen LogP contribution is -2.32. The maximum absolute atomic E-state index is 12.7. The van der Waals surface area contributed by atoms with Crippen molar-refractivity contribution in [1.29, 1.82) is 0 Å². The molecular weight excluding hydrogens is 374 g/mol. The number of anilines is 1. The first-order chi connectivity index (χ1) is 14.0. The lowest BCUT2D eigenvalue weighted by Gasteiger charge is -2.17. The number of amides is 1. The fourth-order valence-corrected chi connectivity index (χ4v) is 2.69. The minimum atomic E-state index is -1.01. The molecule has 0 saturated carbocycles. The van der Waals surface area contributed by atoms with E-state index in [1.165, 1.54) is 20.4 Å². The molecule has 2 aromatic carbocycles. The number of nitrogens with one attached hydrogen (secondary N) is 1. The van der Waals surface area contributed by atoms with E-state index in [1.807, 2.05) is 6.07 Å². The van der Waals surface area contributed by atoms with Gasteiger partial charge in [-0.3, -0.25) is 9.78 Å². The third kappa shape index (κ3) is 4.60. The van der Waals surface area contributed by atoms with Crippen molar-refractivity contribution in [3.8, 4) is 11.5 Å². The Kier molecular flexibility index (Phi) is 6.23. The molecule has 1 aromatic heterocycles. The number of fused-ring (bicyclic) bond motifs is 1. The number of nitrogens with zero attached hydrogens (tertiary/aromatic N) is 2. The van der Waals surface area contributed by atoms with Crippen LogP contribution in [-0.4, -0.2) is 42.2 Å². The molecule has 0 fully saturated rings. The number of hydrogen-bond donors (Lipinski definition) is 1. The first-order valence-corrected chi connectivity index (χ1v) is 9.01. The lowest BCUT2D eigenvalue weighted by atomic mass is 10.2. The Hall–Kier alpha value is -3.68. The monoisotopic (exact) mass is 395 g/mol. The zero-order valence-corrected chi connectivity index (χ0v) is 16.3. The summed E-state index contributed by atoms with van der Waals surface area (Å²) in [5, 5.41) is 2.72. The first-order valence-electron chi connectivity index (χ1n) is 9.01. The number of carbonyl (C=O) groups excluding carboxylic acids is 2. The molecule has 8 heteroatoms. The van der Waals surface area contributed by atoms with E-state index in [4.69, 9.17) is 14.2 Å². The highest BCUT2D eigenvalue weighted by Gasteiger charge is 2.24. The van der Waals surface area contributed by atoms with Crippen LogP contribution in [0.3, 0.4) is 0 Å². The third-order valence-electron chi connectivity index (χ3n) is 4.23. The van der Waals surface area contributed by atoms with Gasteiger partial charge in [-0.25, -0.2) is 9.78 Å². The quantitative estimate of drug-likeness (QED) is 0.613. The van der Waals surface area contributed by atoms with Gasteiger partial charge >= 0.3 is 5.97 Å². The second kappa shape index (κ2) is 9.01. The van der Waals surface area contributed by atoms with Gasteiger partial charge in [-0.2, -0.15) is 0 Å². The van der Waals surface area contributed by atoms with Crippen LogP contribution in [0, 0.1) is 0 Å². The first kappa shape index (κ1) is 20.1. The molecule has 3 aromatic rings. The average molecular weight is 395 g/mol. The molecule has 3 rings (SSSR count). The van der Waals surface area contributed by atoms with E-state index in [-0.39, 0.29) is 12.1 Å². The van der Waals surface area contributed by atoms with Crippen LogP contribution in [0.15, 0.2) is 48.7 Å². The maximum atomic E-state index is 12.7. The largest absolute Gasteiger partial charge is 0.497 e. The standard InChI is InChI=1S/C21H21N3O5/c1-4-18(20(25)24-16-11-13(27-2)9-10-19(16)28-3)29-21(26)17-12-22-14-7-5-6-8-15(14)23-17/h5-12,18H,4H2,1-3H3,(H,24,25). The van der Waals surface area contributed by atoms with Gasteiger partial charge in [0.05, 0.1) is 37.1 Å². The van der Waals surface area contributed by atoms with Crippen LogP contribution >= 0.6 is 0 Å². The van der Waals surface area contributed by atoms with Gasteiger partial charge < -0.3 is 19.5 Å². The van der Waals surface area contributed by atoms with Crippen LogP contribution in [0.4, 0.5) is 5.69 Å². The number of benzene rings is 2. The van der Waals surface area contributed by atoms with E-state index in [0.717, 1.165) is 0 Å². The Morgan fingerprint density at radius 2 is 1.83 bits per heavy atom. The molecule has 0 aliphatic rings. The Balaban J connectivity index is 1.75. The summed E-state index contributed by atoms with van der Waals surface area (Å²) in [7, 11) is 3.02. The molecular formula is C21H21N3O5. The van der Waals surface area contributed by atoms with E-state index < -0.39 is 18.0 Å². The van der Waals surface area contributed by atoms with Crippen molar-refractivity contribution >= 4 is 28.6 Å². The Morgan fingerprint density at radius 1 is 1.07 bits per heavy atom. The van der Waals surface area contributed by atoms with Gasteiger partial charge in [-0.15, -0.1) is 0 Å². The molecule has 150 valence electrons. The minimum absolute atomic E-state index is 0.0360. The van der Waals surface area contributed by atoms with Crippen molar-refractivity contribution in [3.63, 3.8) is 0 Å². The minimum Gasteiger partial charge on any atom is -0.497 e. The molecule has 0 saturated heterocycles. The van der Waals surface area contributed by atoms with Gasteiger partial charge in [0.25, 0.3) is 5.91 Å². The number of esters is 1.